The number of carbonyl (C=O) groups excluding carboxylic acids is 1. The van der Waals surface area contributed by atoms with Gasteiger partial charge in [0, 0.05) is 38.7 Å². The van der Waals surface area contributed by atoms with Crippen LogP contribution in [0, 0.1) is 11.8 Å². The van der Waals surface area contributed by atoms with E-state index in [-0.39, 0.29) is 118 Å². The molecule has 0 radical (unpaired) electrons. The molecule has 0 aromatic heterocycles. The molecule has 1 aromatic carbocycles. The van der Waals surface area contributed by atoms with E-state index in [1.807, 2.05) is 6.07 Å². The van der Waals surface area contributed by atoms with E-state index < -0.39 is 56.5 Å². The number of hydrogen-bond acceptors (Lipinski definition) is 15. The first kappa shape index (κ1) is 59.7. The standard InChI is InChI=1S/C59H94O15SSi2/c1-35-27-38(21-23-44-36(2)28-40(66-44)25-26-59-32-49-53(72-59)54-55(71-49)56(73-59)52-45(70-54)24-22-39(68-52)30-50(60)63-10)67-46(37(35)3)31-47-43(34-75(61,62)42-19-17-16-18-20-42)51(64-11)48(69-47)29-41(74-77(14,15)58(7,8)9)33-65-76(12,13)57(4,5)6/h16-20,35,38-41,43-49,51-56H,2-3,21-34H2,1,4-15H3/t35-,38+,39-,40+,41+,43+,44+,45+,46-,47+,48-,49-,51-,52+,53+,54+,55-,56+,59+/m1/s1. The predicted octanol–water partition coefficient (Wildman–Crippen LogP) is 10.2. The van der Waals surface area contributed by atoms with E-state index in [1.54, 1.807) is 31.4 Å². The van der Waals surface area contributed by atoms with Crippen LogP contribution < -0.4 is 0 Å². The second-order valence-electron chi connectivity index (χ2n) is 27.0. The molecule has 0 aliphatic carbocycles. The van der Waals surface area contributed by atoms with Gasteiger partial charge in [0.15, 0.2) is 32.3 Å². The summed E-state index contributed by atoms with van der Waals surface area (Å²) in [4.78, 5) is 12.5. The molecule has 0 N–H and O–H groups in total. The molecular weight excluding hydrogens is 1040 g/mol. The lowest BCUT2D eigenvalue weighted by Crippen LogP contribution is -2.61. The molecule has 9 heterocycles. The van der Waals surface area contributed by atoms with Crippen molar-refractivity contribution in [3.63, 3.8) is 0 Å². The SMILES string of the molecule is C=C1C[C@H](CC[C@@]23C[C@H]4O[C@H]5[C@@H](O2)[C@H]2O[C@@H](CC(=O)OC)CC[C@@H]2O[C@H]5[C@H]4O3)O[C@H]1CC[C@H]1C[C@@H](C)C(=C)[C@@H](C[C@@H]2O[C@H](C[C@@H](CO[Si](C)(C)C(C)(C)C)O[Si](C)(C)C(C)(C)C)[C@H](OC)[C@H]2CS(=O)(=O)c2ccccc2)O1. The van der Waals surface area contributed by atoms with Crippen molar-refractivity contribution in [1.82, 2.24) is 0 Å². The Balaban J connectivity index is 0.848. The van der Waals surface area contributed by atoms with E-state index in [1.165, 1.54) is 7.11 Å². The summed E-state index contributed by atoms with van der Waals surface area (Å²) >= 11 is 0. The van der Waals surface area contributed by atoms with Crippen LogP contribution in [0.3, 0.4) is 0 Å². The maximum Gasteiger partial charge on any atom is 0.308 e. The second-order valence-corrected chi connectivity index (χ2v) is 38.6. The van der Waals surface area contributed by atoms with Gasteiger partial charge in [-0.25, -0.2) is 8.42 Å². The van der Waals surface area contributed by atoms with Crippen LogP contribution in [-0.2, 0) is 70.9 Å². The van der Waals surface area contributed by atoms with Crippen molar-refractivity contribution in [3.8, 4) is 0 Å². The highest BCUT2D eigenvalue weighted by atomic mass is 32.2. The van der Waals surface area contributed by atoms with Crippen molar-refractivity contribution in [1.29, 1.82) is 0 Å². The van der Waals surface area contributed by atoms with Crippen LogP contribution in [0.2, 0.25) is 36.3 Å². The molecule has 6 bridgehead atoms. The van der Waals surface area contributed by atoms with Gasteiger partial charge in [-0.3, -0.25) is 4.79 Å². The van der Waals surface area contributed by atoms with Crippen LogP contribution in [0.15, 0.2) is 59.5 Å². The maximum absolute atomic E-state index is 14.3. The number of hydrogen-bond donors (Lipinski definition) is 0. The van der Waals surface area contributed by atoms with Gasteiger partial charge in [0.05, 0.1) is 97.9 Å². The van der Waals surface area contributed by atoms with Crippen molar-refractivity contribution in [2.45, 2.75) is 270 Å². The van der Waals surface area contributed by atoms with Crippen LogP contribution in [-0.4, -0.2) is 161 Å². The highest BCUT2D eigenvalue weighted by Gasteiger charge is 2.69. The number of rotatable bonds is 21. The summed E-state index contributed by atoms with van der Waals surface area (Å²) in [6, 6.07) is 8.69. The van der Waals surface area contributed by atoms with Crippen molar-refractivity contribution in [3.05, 3.63) is 54.6 Å². The number of fused-ring (bicyclic) bond motifs is 1. The lowest BCUT2D eigenvalue weighted by molar-refractivity contribution is -0.293. The summed E-state index contributed by atoms with van der Waals surface area (Å²) in [6.45, 7) is 34.3. The zero-order valence-corrected chi connectivity index (χ0v) is 51.4. The summed E-state index contributed by atoms with van der Waals surface area (Å²) in [5.74, 6) is -1.58. The van der Waals surface area contributed by atoms with E-state index in [0.717, 1.165) is 49.7 Å². The van der Waals surface area contributed by atoms with Crippen LogP contribution in [0.4, 0.5) is 0 Å². The number of carbonyl (C=O) groups is 1. The summed E-state index contributed by atoms with van der Waals surface area (Å²) in [7, 11) is -5.10. The largest absolute Gasteiger partial charge is 0.469 e. The Hall–Kier alpha value is -1.89. The molecule has 434 valence electrons. The lowest BCUT2D eigenvalue weighted by Gasteiger charge is -2.47. The first-order chi connectivity index (χ1) is 36.1. The molecule has 0 amide bonds. The summed E-state index contributed by atoms with van der Waals surface area (Å²) in [5, 5.41) is -0.0288. The molecule has 1 aromatic rings. The van der Waals surface area contributed by atoms with Crippen LogP contribution in [0.5, 0.6) is 0 Å². The maximum atomic E-state index is 14.3. The first-order valence-electron chi connectivity index (χ1n) is 28.9. The third-order valence-electron chi connectivity index (χ3n) is 19.6. The smallest absolute Gasteiger partial charge is 0.308 e. The zero-order valence-electron chi connectivity index (χ0n) is 48.6. The van der Waals surface area contributed by atoms with Crippen molar-refractivity contribution < 1.29 is 69.4 Å². The molecule has 10 rings (SSSR count). The molecule has 9 aliphatic heterocycles. The Morgan fingerprint density at radius 3 is 2.13 bits per heavy atom. The van der Waals surface area contributed by atoms with Gasteiger partial charge in [0.1, 0.15) is 30.5 Å². The molecule has 0 saturated carbocycles. The normalized spacial score (nSPS) is 38.7. The second kappa shape index (κ2) is 23.0. The quantitative estimate of drug-likeness (QED) is 0.0649. The number of ether oxygens (including phenoxy) is 10. The molecule has 0 spiro atoms. The molecule has 9 fully saturated rings. The number of esters is 1. The molecule has 15 nitrogen and oxygen atoms in total. The minimum atomic E-state index is -3.73. The van der Waals surface area contributed by atoms with E-state index in [4.69, 9.17) is 56.2 Å². The highest BCUT2D eigenvalue weighted by Crippen LogP contribution is 2.55. The van der Waals surface area contributed by atoms with Gasteiger partial charge >= 0.3 is 5.97 Å². The van der Waals surface area contributed by atoms with E-state index in [0.29, 0.717) is 38.7 Å². The third kappa shape index (κ3) is 12.9. The Bertz CT molecular complexity index is 2350. The fraction of sp³-hybridized carbons (Fsp3) is 0.814. The van der Waals surface area contributed by atoms with Crippen molar-refractivity contribution >= 4 is 32.4 Å². The van der Waals surface area contributed by atoms with Crippen LogP contribution >= 0.6 is 0 Å². The van der Waals surface area contributed by atoms with Crippen molar-refractivity contribution in [2.75, 3.05) is 26.6 Å². The van der Waals surface area contributed by atoms with Gasteiger partial charge in [0.25, 0.3) is 0 Å². The number of benzene rings is 1. The minimum absolute atomic E-state index is 0.0117. The van der Waals surface area contributed by atoms with Gasteiger partial charge in [-0.2, -0.15) is 0 Å². The Labute approximate surface area is 463 Å². The van der Waals surface area contributed by atoms with E-state index in [2.05, 4.69) is 87.8 Å². The Morgan fingerprint density at radius 2 is 1.44 bits per heavy atom. The molecule has 77 heavy (non-hydrogen) atoms. The van der Waals surface area contributed by atoms with Crippen LogP contribution in [0.25, 0.3) is 0 Å². The molecule has 19 atom stereocenters. The monoisotopic (exact) mass is 1130 g/mol. The summed E-state index contributed by atoms with van der Waals surface area (Å²) in [6.07, 6.45) is 3.45. The highest BCUT2D eigenvalue weighted by molar-refractivity contribution is 7.91. The molecule has 9 aliphatic rings. The number of methoxy groups -OCH3 is 2. The van der Waals surface area contributed by atoms with Gasteiger partial charge in [-0.15, -0.1) is 0 Å². The fourth-order valence-corrected chi connectivity index (χ4v) is 17.1. The molecule has 18 heteroatoms. The minimum Gasteiger partial charge on any atom is -0.469 e. The van der Waals surface area contributed by atoms with Gasteiger partial charge in [0.2, 0.25) is 0 Å². The van der Waals surface area contributed by atoms with Gasteiger partial charge < -0.3 is 56.2 Å². The fourth-order valence-electron chi connectivity index (χ4n) is 13.0. The predicted molar refractivity (Wildman–Crippen MR) is 297 cm³/mol. The topological polar surface area (TPSA) is 162 Å². The van der Waals surface area contributed by atoms with Crippen LogP contribution in [0.1, 0.15) is 126 Å². The van der Waals surface area contributed by atoms with E-state index >= 15 is 0 Å². The number of sulfone groups is 1. The van der Waals surface area contributed by atoms with Gasteiger partial charge in [-0.1, -0.05) is 79.8 Å². The van der Waals surface area contributed by atoms with Gasteiger partial charge in [-0.05, 0) is 110 Å². The summed E-state index contributed by atoms with van der Waals surface area (Å²) < 4.78 is 108. The zero-order chi connectivity index (χ0) is 55.6. The molecule has 0 unspecified atom stereocenters. The third-order valence-corrected chi connectivity index (χ3v) is 30.5. The first-order valence-corrected chi connectivity index (χ1v) is 36.4. The average Bonchev–Trinajstić information content (AvgIpc) is 4.05. The average molecular weight is 1130 g/mol. The molecule has 9 saturated heterocycles. The summed E-state index contributed by atoms with van der Waals surface area (Å²) in [5.41, 5.74) is 2.08. The Kier molecular flexibility index (Phi) is 17.9. The molecular formula is C59H94O15SSi2. The van der Waals surface area contributed by atoms with E-state index in [9.17, 15) is 13.2 Å². The lowest BCUT2D eigenvalue weighted by atomic mass is 9.83. The van der Waals surface area contributed by atoms with Crippen molar-refractivity contribution in [2.24, 2.45) is 11.8 Å². The Morgan fingerprint density at radius 1 is 0.766 bits per heavy atom.